The summed E-state index contributed by atoms with van der Waals surface area (Å²) in [6.07, 6.45) is 0.282. The van der Waals surface area contributed by atoms with Crippen LogP contribution in [-0.2, 0) is 19.9 Å². The number of imide groups is 1. The van der Waals surface area contributed by atoms with Gasteiger partial charge >= 0.3 is 12.0 Å². The maximum absolute atomic E-state index is 12.9. The lowest BCUT2D eigenvalue weighted by atomic mass is 9.87. The summed E-state index contributed by atoms with van der Waals surface area (Å²) in [6, 6.07) is 13.2. The first-order chi connectivity index (χ1) is 13.9. The maximum Gasteiger partial charge on any atom is 0.344 e. The van der Waals surface area contributed by atoms with Crippen molar-refractivity contribution in [2.75, 3.05) is 6.61 Å². The summed E-state index contributed by atoms with van der Waals surface area (Å²) in [5.74, 6) is -2.28. The molecule has 29 heavy (non-hydrogen) atoms. The van der Waals surface area contributed by atoms with Crippen molar-refractivity contribution in [3.63, 3.8) is 0 Å². The number of aromatic hydroxyl groups is 1. The zero-order valence-electron chi connectivity index (χ0n) is 15.5. The van der Waals surface area contributed by atoms with Gasteiger partial charge < -0.3 is 15.2 Å². The van der Waals surface area contributed by atoms with Gasteiger partial charge in [0.25, 0.3) is 11.8 Å². The Morgan fingerprint density at radius 1 is 1.10 bits per heavy atom. The van der Waals surface area contributed by atoms with Gasteiger partial charge in [-0.15, -0.1) is 0 Å². The second-order valence-corrected chi connectivity index (χ2v) is 6.35. The molecule has 4 amide bonds. The minimum atomic E-state index is -1.28. The Bertz CT molecular complexity index is 944. The highest BCUT2D eigenvalue weighted by Crippen LogP contribution is 2.31. The van der Waals surface area contributed by atoms with Gasteiger partial charge in [0.15, 0.2) is 6.61 Å². The lowest BCUT2D eigenvalue weighted by molar-refractivity contribution is -0.140. The van der Waals surface area contributed by atoms with E-state index in [1.165, 1.54) is 24.3 Å². The minimum Gasteiger partial charge on any atom is -0.508 e. The number of rotatable bonds is 6. The first-order valence-electron chi connectivity index (χ1n) is 8.85. The number of ether oxygens (including phenoxy) is 1. The number of hydrazine groups is 1. The molecule has 1 aliphatic rings. The van der Waals surface area contributed by atoms with Crippen LogP contribution in [0.4, 0.5) is 4.79 Å². The Morgan fingerprint density at radius 2 is 1.76 bits per heavy atom. The van der Waals surface area contributed by atoms with Crippen molar-refractivity contribution in [2.24, 2.45) is 0 Å². The van der Waals surface area contributed by atoms with Gasteiger partial charge in [0.05, 0.1) is 5.56 Å². The van der Waals surface area contributed by atoms with Gasteiger partial charge in [0.2, 0.25) is 0 Å². The number of nitrogens with zero attached hydrogens (tertiary/aromatic N) is 1. The number of phenolic OH excluding ortho intramolecular Hbond substituents is 1. The third-order valence-electron chi connectivity index (χ3n) is 4.56. The first-order valence-corrected chi connectivity index (χ1v) is 8.85. The van der Waals surface area contributed by atoms with Crippen LogP contribution in [0.3, 0.4) is 0 Å². The second kappa shape index (κ2) is 8.01. The van der Waals surface area contributed by atoms with Gasteiger partial charge in [-0.25, -0.2) is 9.59 Å². The predicted molar refractivity (Wildman–Crippen MR) is 100 cm³/mol. The molecule has 150 valence electrons. The molecule has 1 aliphatic heterocycles. The maximum atomic E-state index is 12.9. The fourth-order valence-electron chi connectivity index (χ4n) is 3.01. The molecule has 0 bridgehead atoms. The van der Waals surface area contributed by atoms with E-state index in [1.807, 2.05) is 0 Å². The van der Waals surface area contributed by atoms with Crippen LogP contribution in [0.5, 0.6) is 5.75 Å². The molecule has 1 atom stereocenters. The largest absolute Gasteiger partial charge is 0.508 e. The Hall–Kier alpha value is -3.88. The second-order valence-electron chi connectivity index (χ2n) is 6.35. The number of hydrogen-bond donors (Lipinski definition) is 3. The molecule has 0 unspecified atom stereocenters. The summed E-state index contributed by atoms with van der Waals surface area (Å²) in [5.41, 5.74) is 1.62. The Balaban J connectivity index is 1.64. The Labute approximate surface area is 166 Å². The number of phenols is 1. The molecule has 2 aromatic rings. The lowest BCUT2D eigenvalue weighted by Crippen LogP contribution is -2.49. The summed E-state index contributed by atoms with van der Waals surface area (Å²) < 4.78 is 4.87. The number of carbonyl (C=O) groups is 4. The third-order valence-corrected chi connectivity index (χ3v) is 4.56. The van der Waals surface area contributed by atoms with Crippen molar-refractivity contribution < 1.29 is 29.0 Å². The van der Waals surface area contributed by atoms with Crippen molar-refractivity contribution in [1.29, 1.82) is 0 Å². The lowest BCUT2D eigenvalue weighted by Gasteiger charge is -2.25. The highest BCUT2D eigenvalue weighted by Gasteiger charge is 2.52. The molecule has 9 nitrogen and oxygen atoms in total. The van der Waals surface area contributed by atoms with Crippen molar-refractivity contribution in [3.8, 4) is 5.75 Å². The first kappa shape index (κ1) is 19.9. The number of carbonyl (C=O) groups excluding carboxylic acids is 4. The van der Waals surface area contributed by atoms with Crippen LogP contribution in [0.2, 0.25) is 0 Å². The molecule has 0 spiro atoms. The topological polar surface area (TPSA) is 125 Å². The van der Waals surface area contributed by atoms with Gasteiger partial charge in [-0.3, -0.25) is 15.0 Å². The molecule has 0 aliphatic carbocycles. The van der Waals surface area contributed by atoms with Crippen LogP contribution in [0, 0.1) is 0 Å². The van der Waals surface area contributed by atoms with Gasteiger partial charge in [-0.2, -0.15) is 5.01 Å². The van der Waals surface area contributed by atoms with E-state index in [0.29, 0.717) is 10.6 Å². The molecular weight excluding hydrogens is 378 g/mol. The van der Waals surface area contributed by atoms with E-state index in [2.05, 4.69) is 10.7 Å². The number of esters is 1. The zero-order chi connectivity index (χ0) is 21.0. The Morgan fingerprint density at radius 3 is 2.38 bits per heavy atom. The SMILES string of the molecule is CC[C@]1(c2ccccc2)NC(=O)N(NC(=O)COC(=O)c2ccc(O)cc2)C1=O. The molecule has 0 saturated carbocycles. The smallest absolute Gasteiger partial charge is 0.344 e. The summed E-state index contributed by atoms with van der Waals surface area (Å²) in [7, 11) is 0. The van der Waals surface area contributed by atoms with E-state index in [1.54, 1.807) is 37.3 Å². The number of benzene rings is 2. The van der Waals surface area contributed by atoms with Gasteiger partial charge in [-0.05, 0) is 36.2 Å². The van der Waals surface area contributed by atoms with E-state index < -0.39 is 36.0 Å². The summed E-state index contributed by atoms with van der Waals surface area (Å²) >= 11 is 0. The zero-order valence-corrected chi connectivity index (χ0v) is 15.5. The summed E-state index contributed by atoms with van der Waals surface area (Å²) in [4.78, 5) is 49.2. The quantitative estimate of drug-likeness (QED) is 0.500. The fraction of sp³-hybridized carbons (Fsp3) is 0.200. The van der Waals surface area contributed by atoms with Crippen molar-refractivity contribution in [1.82, 2.24) is 15.8 Å². The van der Waals surface area contributed by atoms with Gasteiger partial charge in [0.1, 0.15) is 11.3 Å². The van der Waals surface area contributed by atoms with Crippen LogP contribution < -0.4 is 10.7 Å². The monoisotopic (exact) mass is 397 g/mol. The van der Waals surface area contributed by atoms with Crippen molar-refractivity contribution >= 4 is 23.8 Å². The molecule has 9 heteroatoms. The molecule has 1 heterocycles. The molecule has 1 fully saturated rings. The minimum absolute atomic E-state index is 0.0179. The van der Waals surface area contributed by atoms with Crippen LogP contribution in [0.15, 0.2) is 54.6 Å². The van der Waals surface area contributed by atoms with E-state index in [0.717, 1.165) is 0 Å². The van der Waals surface area contributed by atoms with E-state index in [-0.39, 0.29) is 17.7 Å². The normalized spacial score (nSPS) is 18.3. The van der Waals surface area contributed by atoms with Crippen molar-refractivity contribution in [2.45, 2.75) is 18.9 Å². The van der Waals surface area contributed by atoms with Gasteiger partial charge in [0, 0.05) is 0 Å². The number of hydrogen-bond acceptors (Lipinski definition) is 6. The molecule has 0 aromatic heterocycles. The average molecular weight is 397 g/mol. The number of urea groups is 1. The molecule has 1 saturated heterocycles. The molecule has 0 radical (unpaired) electrons. The standard InChI is InChI=1S/C20H19N3O6/c1-2-20(14-6-4-3-5-7-14)18(27)23(19(28)21-20)22-16(25)12-29-17(26)13-8-10-15(24)11-9-13/h3-11,24H,2,12H2,1H3,(H,21,28)(H,22,25)/t20-/m1/s1. The molecule has 3 N–H and O–H groups in total. The molecular formula is C20H19N3O6. The number of amides is 4. The summed E-state index contributed by atoms with van der Waals surface area (Å²) in [5, 5.41) is 12.4. The summed E-state index contributed by atoms with van der Waals surface area (Å²) in [6.45, 7) is 1.05. The van der Waals surface area contributed by atoms with E-state index >= 15 is 0 Å². The average Bonchev–Trinajstić information content (AvgIpc) is 2.98. The highest BCUT2D eigenvalue weighted by molar-refractivity contribution is 6.08. The van der Waals surface area contributed by atoms with Crippen LogP contribution >= 0.6 is 0 Å². The number of nitrogens with one attached hydrogen (secondary N) is 2. The molecule has 2 aromatic carbocycles. The van der Waals surface area contributed by atoms with E-state index in [4.69, 9.17) is 4.74 Å². The molecule has 3 rings (SSSR count). The third kappa shape index (κ3) is 3.88. The van der Waals surface area contributed by atoms with Crippen LogP contribution in [0.25, 0.3) is 0 Å². The van der Waals surface area contributed by atoms with Crippen LogP contribution in [0.1, 0.15) is 29.3 Å². The predicted octanol–water partition coefficient (Wildman–Crippen LogP) is 1.44. The highest BCUT2D eigenvalue weighted by atomic mass is 16.5. The van der Waals surface area contributed by atoms with Crippen LogP contribution in [-0.4, -0.2) is 40.5 Å². The fourth-order valence-corrected chi connectivity index (χ4v) is 3.01. The van der Waals surface area contributed by atoms with Crippen molar-refractivity contribution in [3.05, 3.63) is 65.7 Å². The Kier molecular flexibility index (Phi) is 5.49. The van der Waals surface area contributed by atoms with E-state index in [9.17, 15) is 24.3 Å². The van der Waals surface area contributed by atoms with Gasteiger partial charge in [-0.1, -0.05) is 37.3 Å².